The van der Waals surface area contributed by atoms with Crippen molar-refractivity contribution in [2.75, 3.05) is 25.9 Å². The first-order chi connectivity index (χ1) is 7.24. The first kappa shape index (κ1) is 15.2. The van der Waals surface area contributed by atoms with Crippen molar-refractivity contribution >= 4 is 15.8 Å². The smallest absolute Gasteiger partial charge is 0.191 e. The highest BCUT2D eigenvalue weighted by Crippen LogP contribution is 2.14. The molecular formula is C10H23N3O2S. The predicted molar refractivity (Wildman–Crippen MR) is 68.6 cm³/mol. The van der Waals surface area contributed by atoms with Crippen molar-refractivity contribution in [3.63, 3.8) is 0 Å². The van der Waals surface area contributed by atoms with Gasteiger partial charge in [0.25, 0.3) is 0 Å². The number of guanidine groups is 1. The van der Waals surface area contributed by atoms with E-state index in [9.17, 15) is 8.42 Å². The quantitative estimate of drug-likeness (QED) is 0.546. The van der Waals surface area contributed by atoms with Crippen LogP contribution in [0.3, 0.4) is 0 Å². The Morgan fingerprint density at radius 1 is 1.19 bits per heavy atom. The fourth-order valence-corrected chi connectivity index (χ4v) is 1.19. The number of aliphatic imine (C=N–C) groups is 1. The third-order valence-electron chi connectivity index (χ3n) is 2.31. The zero-order valence-electron chi connectivity index (χ0n) is 10.8. The van der Waals surface area contributed by atoms with Crippen molar-refractivity contribution < 1.29 is 8.42 Å². The molecule has 0 atom stereocenters. The van der Waals surface area contributed by atoms with Gasteiger partial charge < -0.3 is 10.6 Å². The molecule has 0 fully saturated rings. The van der Waals surface area contributed by atoms with E-state index in [0.717, 1.165) is 13.1 Å². The van der Waals surface area contributed by atoms with Crippen LogP contribution < -0.4 is 10.6 Å². The van der Waals surface area contributed by atoms with Crippen molar-refractivity contribution in [1.29, 1.82) is 0 Å². The van der Waals surface area contributed by atoms with Gasteiger partial charge in [-0.3, -0.25) is 4.99 Å². The highest BCUT2D eigenvalue weighted by atomic mass is 32.2. The van der Waals surface area contributed by atoms with Crippen LogP contribution in [0.4, 0.5) is 0 Å². The lowest BCUT2D eigenvalue weighted by Crippen LogP contribution is -2.40. The Morgan fingerprint density at radius 3 is 1.94 bits per heavy atom. The molecule has 0 aliphatic heterocycles. The lowest BCUT2D eigenvalue weighted by molar-refractivity contribution is 0.554. The van der Waals surface area contributed by atoms with Crippen LogP contribution in [-0.4, -0.2) is 45.0 Å². The summed E-state index contributed by atoms with van der Waals surface area (Å²) < 4.78 is 22.1. The molecule has 16 heavy (non-hydrogen) atoms. The van der Waals surface area contributed by atoms with E-state index in [1.54, 1.807) is 13.8 Å². The van der Waals surface area contributed by atoms with E-state index in [4.69, 9.17) is 0 Å². The van der Waals surface area contributed by atoms with Gasteiger partial charge in [0.2, 0.25) is 0 Å². The van der Waals surface area contributed by atoms with Crippen molar-refractivity contribution in [2.24, 2.45) is 4.99 Å². The lowest BCUT2D eigenvalue weighted by Gasteiger charge is -2.20. The molecule has 0 aromatic heterocycles. The summed E-state index contributed by atoms with van der Waals surface area (Å²) in [6.07, 6.45) is 1.24. The number of hydrogen-bond donors (Lipinski definition) is 2. The maximum Gasteiger partial charge on any atom is 0.191 e. The average Bonchev–Trinajstić information content (AvgIpc) is 2.13. The van der Waals surface area contributed by atoms with Crippen LogP contribution in [0.5, 0.6) is 0 Å². The van der Waals surface area contributed by atoms with E-state index >= 15 is 0 Å². The van der Waals surface area contributed by atoms with Crippen molar-refractivity contribution in [3.05, 3.63) is 0 Å². The molecule has 2 N–H and O–H groups in total. The van der Waals surface area contributed by atoms with Crippen LogP contribution in [0.1, 0.15) is 27.7 Å². The monoisotopic (exact) mass is 249 g/mol. The Labute approximate surface area is 98.6 Å². The third-order valence-corrected chi connectivity index (χ3v) is 4.45. The van der Waals surface area contributed by atoms with Crippen molar-refractivity contribution in [1.82, 2.24) is 10.6 Å². The van der Waals surface area contributed by atoms with Crippen LogP contribution >= 0.6 is 0 Å². The molecule has 0 saturated carbocycles. The maximum absolute atomic E-state index is 11.5. The molecule has 0 heterocycles. The summed E-state index contributed by atoms with van der Waals surface area (Å²) >= 11 is 0. The minimum atomic E-state index is -3.09. The molecule has 0 rings (SSSR count). The lowest BCUT2D eigenvalue weighted by atomic mass is 10.2. The first-order valence-corrected chi connectivity index (χ1v) is 7.35. The Morgan fingerprint density at radius 2 is 1.62 bits per heavy atom. The topological polar surface area (TPSA) is 70.6 Å². The summed E-state index contributed by atoms with van der Waals surface area (Å²) in [5.41, 5.74) is 0. The molecule has 0 aliphatic carbocycles. The number of hydrogen-bond acceptors (Lipinski definition) is 3. The molecule has 0 aromatic carbocycles. The highest BCUT2D eigenvalue weighted by Gasteiger charge is 2.29. The zero-order chi connectivity index (χ0) is 12.8. The van der Waals surface area contributed by atoms with Gasteiger partial charge in [-0.2, -0.15) is 0 Å². The SMILES string of the molecule is CCNC(=NCC(C)(C)S(C)(=O)=O)NCC. The van der Waals surface area contributed by atoms with Crippen LogP contribution in [0.15, 0.2) is 4.99 Å². The molecule has 5 nitrogen and oxygen atoms in total. The molecule has 0 saturated heterocycles. The second-order valence-electron chi connectivity index (χ2n) is 4.26. The fraction of sp³-hybridized carbons (Fsp3) is 0.900. The Balaban J connectivity index is 4.64. The molecular weight excluding hydrogens is 226 g/mol. The predicted octanol–water partition coefficient (Wildman–Crippen LogP) is 0.385. The van der Waals surface area contributed by atoms with E-state index < -0.39 is 14.6 Å². The van der Waals surface area contributed by atoms with Gasteiger partial charge in [0.05, 0.1) is 11.3 Å². The van der Waals surface area contributed by atoms with E-state index in [-0.39, 0.29) is 6.54 Å². The van der Waals surface area contributed by atoms with Gasteiger partial charge in [0.15, 0.2) is 15.8 Å². The number of sulfone groups is 1. The van der Waals surface area contributed by atoms with Crippen LogP contribution in [0.25, 0.3) is 0 Å². The van der Waals surface area contributed by atoms with Crippen molar-refractivity contribution in [3.8, 4) is 0 Å². The summed E-state index contributed by atoms with van der Waals surface area (Å²) in [6, 6.07) is 0. The molecule has 6 heteroatoms. The Bertz CT molecular complexity index is 326. The third kappa shape index (κ3) is 4.83. The molecule has 0 bridgehead atoms. The molecule has 0 aromatic rings. The van der Waals surface area contributed by atoms with Crippen molar-refractivity contribution in [2.45, 2.75) is 32.4 Å². The summed E-state index contributed by atoms with van der Waals surface area (Å²) in [7, 11) is -3.09. The normalized spacial score (nSPS) is 12.1. The van der Waals surface area contributed by atoms with Gasteiger partial charge in [-0.25, -0.2) is 8.42 Å². The molecule has 0 radical (unpaired) electrons. The number of nitrogens with one attached hydrogen (secondary N) is 2. The van der Waals surface area contributed by atoms with Gasteiger partial charge in [0, 0.05) is 19.3 Å². The van der Waals surface area contributed by atoms with Gasteiger partial charge in [-0.15, -0.1) is 0 Å². The molecule has 0 spiro atoms. The Hall–Kier alpha value is -0.780. The van der Waals surface area contributed by atoms with E-state index in [2.05, 4.69) is 15.6 Å². The standard InChI is InChI=1S/C10H23N3O2S/c1-6-11-9(12-7-2)13-8-10(3,4)16(5,14)15/h6-8H2,1-5H3,(H2,11,12,13). The van der Waals surface area contributed by atoms with Crippen LogP contribution in [0, 0.1) is 0 Å². The summed E-state index contributed by atoms with van der Waals surface area (Å²) in [6.45, 7) is 9.06. The largest absolute Gasteiger partial charge is 0.357 e. The zero-order valence-corrected chi connectivity index (χ0v) is 11.6. The summed E-state index contributed by atoms with van der Waals surface area (Å²) in [5, 5.41) is 6.10. The van der Waals surface area contributed by atoms with Crippen LogP contribution in [-0.2, 0) is 9.84 Å². The van der Waals surface area contributed by atoms with Gasteiger partial charge in [0.1, 0.15) is 0 Å². The second kappa shape index (κ2) is 6.08. The molecule has 96 valence electrons. The second-order valence-corrected chi connectivity index (χ2v) is 6.91. The van der Waals surface area contributed by atoms with E-state index in [0.29, 0.717) is 5.96 Å². The molecule has 0 amide bonds. The number of rotatable bonds is 5. The summed E-state index contributed by atoms with van der Waals surface area (Å²) in [4.78, 5) is 4.26. The van der Waals surface area contributed by atoms with Gasteiger partial charge >= 0.3 is 0 Å². The highest BCUT2D eigenvalue weighted by molar-refractivity contribution is 7.92. The van der Waals surface area contributed by atoms with Gasteiger partial charge in [-0.1, -0.05) is 0 Å². The molecule has 0 unspecified atom stereocenters. The number of nitrogens with zero attached hydrogens (tertiary/aromatic N) is 1. The minimum absolute atomic E-state index is 0.251. The Kier molecular flexibility index (Phi) is 5.78. The first-order valence-electron chi connectivity index (χ1n) is 5.46. The van der Waals surface area contributed by atoms with E-state index in [1.807, 2.05) is 13.8 Å². The average molecular weight is 249 g/mol. The minimum Gasteiger partial charge on any atom is -0.357 e. The summed E-state index contributed by atoms with van der Waals surface area (Å²) in [5.74, 6) is 0.654. The van der Waals surface area contributed by atoms with E-state index in [1.165, 1.54) is 6.26 Å². The van der Waals surface area contributed by atoms with Gasteiger partial charge in [-0.05, 0) is 27.7 Å². The fourth-order valence-electron chi connectivity index (χ4n) is 0.896. The maximum atomic E-state index is 11.5. The molecule has 0 aliphatic rings. The van der Waals surface area contributed by atoms with Crippen LogP contribution in [0.2, 0.25) is 0 Å².